The first-order chi connectivity index (χ1) is 13.5. The van der Waals surface area contributed by atoms with Crippen molar-refractivity contribution in [3.8, 4) is 5.75 Å². The minimum absolute atomic E-state index is 0.220. The molecule has 0 saturated carbocycles. The van der Waals surface area contributed by atoms with Crippen LogP contribution in [0.5, 0.6) is 5.75 Å². The average molecular weight is 483 g/mol. The fourth-order valence-corrected chi connectivity index (χ4v) is 4.11. The van der Waals surface area contributed by atoms with Crippen molar-refractivity contribution < 1.29 is 9.53 Å². The second-order valence-electron chi connectivity index (χ2n) is 6.32. The largest absolute Gasteiger partial charge is 0.493 e. The van der Waals surface area contributed by atoms with E-state index in [1.165, 1.54) is 0 Å². The van der Waals surface area contributed by atoms with E-state index in [1.807, 2.05) is 25.1 Å². The summed E-state index contributed by atoms with van der Waals surface area (Å²) in [6.07, 6.45) is 2.27. The van der Waals surface area contributed by atoms with Gasteiger partial charge in [0.05, 0.1) is 27.5 Å². The second kappa shape index (κ2) is 9.58. The maximum absolute atomic E-state index is 12.5. The molecule has 1 aliphatic rings. The number of hydrogen-bond donors (Lipinski definition) is 2. The molecule has 8 heteroatoms. The lowest BCUT2D eigenvalue weighted by Gasteiger charge is -2.23. The molecule has 28 heavy (non-hydrogen) atoms. The third-order valence-electron chi connectivity index (χ3n) is 4.38. The Balaban J connectivity index is 1.70. The summed E-state index contributed by atoms with van der Waals surface area (Å²) >= 11 is 15.2. The topological polar surface area (TPSA) is 53.6 Å². The van der Waals surface area contributed by atoms with Crippen LogP contribution in [0.2, 0.25) is 5.02 Å². The highest BCUT2D eigenvalue weighted by atomic mass is 79.9. The van der Waals surface area contributed by atoms with E-state index in [9.17, 15) is 4.79 Å². The summed E-state index contributed by atoms with van der Waals surface area (Å²) in [5, 5.41) is 6.71. The molecular weight excluding hydrogens is 462 g/mol. The number of anilines is 2. The molecule has 0 aliphatic carbocycles. The van der Waals surface area contributed by atoms with Crippen molar-refractivity contribution in [3.05, 3.63) is 51.5 Å². The molecule has 2 N–H and O–H groups in total. The highest BCUT2D eigenvalue weighted by Gasteiger charge is 2.19. The molecule has 0 bridgehead atoms. The molecule has 1 fully saturated rings. The molecule has 0 atom stereocenters. The molecule has 0 radical (unpaired) electrons. The predicted molar refractivity (Wildman–Crippen MR) is 122 cm³/mol. The van der Waals surface area contributed by atoms with Crippen LogP contribution in [-0.4, -0.2) is 30.7 Å². The normalized spacial score (nSPS) is 13.3. The van der Waals surface area contributed by atoms with Crippen LogP contribution in [0.1, 0.15) is 30.1 Å². The van der Waals surface area contributed by atoms with Crippen LogP contribution in [0, 0.1) is 0 Å². The molecule has 0 aromatic heterocycles. The van der Waals surface area contributed by atoms with Gasteiger partial charge in [0, 0.05) is 18.7 Å². The molecule has 5 nitrogen and oxygen atoms in total. The van der Waals surface area contributed by atoms with E-state index in [-0.39, 0.29) is 11.0 Å². The summed E-state index contributed by atoms with van der Waals surface area (Å²) < 4.78 is 6.19. The zero-order valence-electron chi connectivity index (χ0n) is 15.4. The Bertz CT molecular complexity index is 888. The fraction of sp³-hybridized carbons (Fsp3) is 0.300. The van der Waals surface area contributed by atoms with Gasteiger partial charge in [0.25, 0.3) is 5.91 Å². The Labute approximate surface area is 183 Å². The Morgan fingerprint density at radius 1 is 1.29 bits per heavy atom. The maximum Gasteiger partial charge on any atom is 0.257 e. The van der Waals surface area contributed by atoms with E-state index in [0.717, 1.165) is 37.3 Å². The molecule has 2 aromatic rings. The number of carbonyl (C=O) groups excluding carboxylic acids is 1. The van der Waals surface area contributed by atoms with Crippen LogP contribution in [0.3, 0.4) is 0 Å². The number of halogens is 2. The monoisotopic (exact) mass is 481 g/mol. The third kappa shape index (κ3) is 4.96. The van der Waals surface area contributed by atoms with Crippen molar-refractivity contribution in [2.24, 2.45) is 0 Å². The standard InChI is InChI=1S/C20H21BrClN3O2S/c1-2-27-17-9-8-13(12-14(17)21)19(26)24-20(28)23-16-7-5-6-15(22)18(16)25-10-3-4-11-25/h5-9,12H,2-4,10-11H2,1H3,(H2,23,24,26,28). The number of benzene rings is 2. The predicted octanol–water partition coefficient (Wildman–Crippen LogP) is 5.23. The molecular formula is C20H21BrClN3O2S. The number of ether oxygens (including phenoxy) is 1. The fourth-order valence-electron chi connectivity index (χ4n) is 3.12. The summed E-state index contributed by atoms with van der Waals surface area (Å²) in [5.74, 6) is 0.389. The number of nitrogens with zero attached hydrogens (tertiary/aromatic N) is 1. The van der Waals surface area contributed by atoms with E-state index in [1.54, 1.807) is 18.2 Å². The van der Waals surface area contributed by atoms with Crippen molar-refractivity contribution in [1.82, 2.24) is 5.32 Å². The average Bonchev–Trinajstić information content (AvgIpc) is 3.17. The Morgan fingerprint density at radius 3 is 2.71 bits per heavy atom. The molecule has 1 heterocycles. The number of carbonyl (C=O) groups is 1. The quantitative estimate of drug-likeness (QED) is 0.572. The zero-order valence-corrected chi connectivity index (χ0v) is 18.6. The summed E-state index contributed by atoms with van der Waals surface area (Å²) in [5.41, 5.74) is 2.18. The molecule has 0 spiro atoms. The summed E-state index contributed by atoms with van der Waals surface area (Å²) in [6, 6.07) is 10.8. The van der Waals surface area contributed by atoms with Gasteiger partial charge in [0.2, 0.25) is 0 Å². The molecule has 1 saturated heterocycles. The number of para-hydroxylation sites is 1. The van der Waals surface area contributed by atoms with Crippen LogP contribution in [-0.2, 0) is 0 Å². The molecule has 1 amide bonds. The highest BCUT2D eigenvalue weighted by Crippen LogP contribution is 2.36. The Hall–Kier alpha value is -1.83. The van der Waals surface area contributed by atoms with Gasteiger partial charge in [-0.15, -0.1) is 0 Å². The lowest BCUT2D eigenvalue weighted by Crippen LogP contribution is -2.34. The lowest BCUT2D eigenvalue weighted by molar-refractivity contribution is 0.0977. The molecule has 3 rings (SSSR count). The number of hydrogen-bond acceptors (Lipinski definition) is 4. The minimum atomic E-state index is -0.300. The van der Waals surface area contributed by atoms with Gasteiger partial charge < -0.3 is 15.0 Å². The van der Waals surface area contributed by atoms with Gasteiger partial charge in [0.1, 0.15) is 5.75 Å². The van der Waals surface area contributed by atoms with Crippen LogP contribution in [0.25, 0.3) is 0 Å². The smallest absolute Gasteiger partial charge is 0.257 e. The van der Waals surface area contributed by atoms with Gasteiger partial charge in [-0.25, -0.2) is 0 Å². The second-order valence-corrected chi connectivity index (χ2v) is 7.99. The maximum atomic E-state index is 12.5. The Morgan fingerprint density at radius 2 is 2.04 bits per heavy atom. The van der Waals surface area contributed by atoms with Gasteiger partial charge in [-0.1, -0.05) is 17.7 Å². The summed E-state index contributed by atoms with van der Waals surface area (Å²) in [7, 11) is 0. The van der Waals surface area contributed by atoms with E-state index >= 15 is 0 Å². The van der Waals surface area contributed by atoms with Crippen LogP contribution in [0.15, 0.2) is 40.9 Å². The number of rotatable bonds is 5. The van der Waals surface area contributed by atoms with Gasteiger partial charge in [-0.05, 0) is 78.2 Å². The Kier molecular flexibility index (Phi) is 7.15. The molecule has 2 aromatic carbocycles. The van der Waals surface area contributed by atoms with Gasteiger partial charge >= 0.3 is 0 Å². The number of amides is 1. The van der Waals surface area contributed by atoms with E-state index in [4.69, 9.17) is 28.6 Å². The molecule has 1 aliphatic heterocycles. The first-order valence-electron chi connectivity index (χ1n) is 9.07. The third-order valence-corrected chi connectivity index (χ3v) is 5.51. The van der Waals surface area contributed by atoms with Crippen LogP contribution >= 0.6 is 39.7 Å². The SMILES string of the molecule is CCOc1ccc(C(=O)NC(=S)Nc2cccc(Cl)c2N2CCCC2)cc1Br. The first-order valence-corrected chi connectivity index (χ1v) is 10.7. The first kappa shape index (κ1) is 20.9. The lowest BCUT2D eigenvalue weighted by atomic mass is 10.2. The molecule has 0 unspecified atom stereocenters. The zero-order chi connectivity index (χ0) is 20.1. The van der Waals surface area contributed by atoms with Crippen molar-refractivity contribution in [3.63, 3.8) is 0 Å². The van der Waals surface area contributed by atoms with Gasteiger partial charge in [0.15, 0.2) is 5.11 Å². The summed E-state index contributed by atoms with van der Waals surface area (Å²) in [6.45, 7) is 4.37. The molecule has 148 valence electrons. The minimum Gasteiger partial charge on any atom is -0.493 e. The van der Waals surface area contributed by atoms with Crippen LogP contribution in [0.4, 0.5) is 11.4 Å². The summed E-state index contributed by atoms with van der Waals surface area (Å²) in [4.78, 5) is 14.8. The van der Waals surface area contributed by atoms with Crippen molar-refractivity contribution in [2.75, 3.05) is 29.9 Å². The number of nitrogens with one attached hydrogen (secondary N) is 2. The highest BCUT2D eigenvalue weighted by molar-refractivity contribution is 9.10. The van der Waals surface area contributed by atoms with Crippen molar-refractivity contribution in [1.29, 1.82) is 0 Å². The van der Waals surface area contributed by atoms with E-state index < -0.39 is 0 Å². The van der Waals surface area contributed by atoms with Crippen LogP contribution < -0.4 is 20.3 Å². The van der Waals surface area contributed by atoms with Crippen molar-refractivity contribution in [2.45, 2.75) is 19.8 Å². The number of thiocarbonyl (C=S) groups is 1. The van der Waals surface area contributed by atoms with Gasteiger partial charge in [-0.3, -0.25) is 10.1 Å². The van der Waals surface area contributed by atoms with E-state index in [2.05, 4.69) is 31.5 Å². The van der Waals surface area contributed by atoms with Gasteiger partial charge in [-0.2, -0.15) is 0 Å². The van der Waals surface area contributed by atoms with Crippen molar-refractivity contribution >= 4 is 62.1 Å². The van der Waals surface area contributed by atoms with E-state index in [0.29, 0.717) is 27.4 Å².